The molecular formula is C21H20N2O2. The van der Waals surface area contributed by atoms with Crippen molar-refractivity contribution >= 4 is 27.6 Å². The van der Waals surface area contributed by atoms with Gasteiger partial charge >= 0.3 is 0 Å². The standard InChI is InChI=1S/C21H20N2O2/c1-3-23(4-2)15-10-12-18-19(13-15)25-21(22-18)17-11-9-14-7-5-6-8-16(14)20(17)24/h5-13,24H,3-4H2,1-2H3. The Morgan fingerprint density at radius 1 is 1.00 bits per heavy atom. The van der Waals surface area contributed by atoms with E-state index < -0.39 is 0 Å². The maximum atomic E-state index is 10.6. The number of hydrogen-bond donors (Lipinski definition) is 1. The van der Waals surface area contributed by atoms with Gasteiger partial charge in [-0.3, -0.25) is 0 Å². The number of nitrogens with zero attached hydrogens (tertiary/aromatic N) is 2. The number of phenols is 1. The van der Waals surface area contributed by atoms with Gasteiger partial charge in [-0.15, -0.1) is 0 Å². The molecule has 0 spiro atoms. The average Bonchev–Trinajstić information content (AvgIpc) is 3.06. The quantitative estimate of drug-likeness (QED) is 0.558. The maximum absolute atomic E-state index is 10.6. The molecule has 4 heteroatoms. The minimum Gasteiger partial charge on any atom is -0.506 e. The van der Waals surface area contributed by atoms with Crippen molar-refractivity contribution < 1.29 is 9.52 Å². The SMILES string of the molecule is CCN(CC)c1ccc2nc(-c3ccc4ccccc4c3O)oc2c1. The smallest absolute Gasteiger partial charge is 0.231 e. The second kappa shape index (κ2) is 6.13. The molecule has 0 aliphatic heterocycles. The molecule has 0 saturated carbocycles. The van der Waals surface area contributed by atoms with Gasteiger partial charge in [0, 0.05) is 30.2 Å². The summed E-state index contributed by atoms with van der Waals surface area (Å²) < 4.78 is 5.97. The van der Waals surface area contributed by atoms with Crippen LogP contribution in [0.5, 0.6) is 5.75 Å². The maximum Gasteiger partial charge on any atom is 0.231 e. The van der Waals surface area contributed by atoms with Crippen molar-refractivity contribution in [3.8, 4) is 17.2 Å². The fraction of sp³-hybridized carbons (Fsp3) is 0.190. The first-order chi connectivity index (χ1) is 12.2. The molecule has 0 amide bonds. The first-order valence-electron chi connectivity index (χ1n) is 8.58. The van der Waals surface area contributed by atoms with Crippen molar-refractivity contribution in [3.63, 3.8) is 0 Å². The van der Waals surface area contributed by atoms with E-state index in [9.17, 15) is 5.11 Å². The van der Waals surface area contributed by atoms with E-state index in [4.69, 9.17) is 4.42 Å². The van der Waals surface area contributed by atoms with Crippen molar-refractivity contribution in [3.05, 3.63) is 54.6 Å². The summed E-state index contributed by atoms with van der Waals surface area (Å²) in [7, 11) is 0. The predicted molar refractivity (Wildman–Crippen MR) is 102 cm³/mol. The van der Waals surface area contributed by atoms with Gasteiger partial charge in [0.05, 0.1) is 5.56 Å². The molecule has 0 saturated heterocycles. The Balaban J connectivity index is 1.83. The van der Waals surface area contributed by atoms with Gasteiger partial charge in [0.15, 0.2) is 5.58 Å². The molecule has 1 N–H and O–H groups in total. The Morgan fingerprint density at radius 3 is 2.60 bits per heavy atom. The van der Waals surface area contributed by atoms with Crippen LogP contribution in [0.1, 0.15) is 13.8 Å². The van der Waals surface area contributed by atoms with Crippen LogP contribution >= 0.6 is 0 Å². The zero-order valence-corrected chi connectivity index (χ0v) is 14.4. The Bertz CT molecular complexity index is 1050. The molecule has 0 bridgehead atoms. The third-order valence-electron chi connectivity index (χ3n) is 4.63. The van der Waals surface area contributed by atoms with Crippen LogP contribution in [0.25, 0.3) is 33.3 Å². The van der Waals surface area contributed by atoms with Crippen LogP contribution in [0, 0.1) is 0 Å². The third-order valence-corrected chi connectivity index (χ3v) is 4.63. The molecule has 3 aromatic carbocycles. The summed E-state index contributed by atoms with van der Waals surface area (Å²) in [6, 6.07) is 17.6. The Morgan fingerprint density at radius 2 is 1.80 bits per heavy atom. The molecule has 0 radical (unpaired) electrons. The number of hydrogen-bond acceptors (Lipinski definition) is 4. The van der Waals surface area contributed by atoms with Gasteiger partial charge in [0.25, 0.3) is 0 Å². The lowest BCUT2D eigenvalue weighted by molar-refractivity contribution is 0.480. The highest BCUT2D eigenvalue weighted by molar-refractivity contribution is 5.94. The van der Waals surface area contributed by atoms with Crippen LogP contribution in [0.2, 0.25) is 0 Å². The minimum atomic E-state index is 0.202. The first-order valence-corrected chi connectivity index (χ1v) is 8.58. The van der Waals surface area contributed by atoms with Crippen molar-refractivity contribution in [1.82, 2.24) is 4.98 Å². The number of oxazole rings is 1. The van der Waals surface area contributed by atoms with E-state index in [1.54, 1.807) is 0 Å². The second-order valence-corrected chi connectivity index (χ2v) is 6.03. The Labute approximate surface area is 146 Å². The van der Waals surface area contributed by atoms with Crippen LogP contribution in [0.3, 0.4) is 0 Å². The fourth-order valence-electron chi connectivity index (χ4n) is 3.24. The fourth-order valence-corrected chi connectivity index (χ4v) is 3.24. The molecule has 0 aliphatic carbocycles. The zero-order chi connectivity index (χ0) is 17.4. The number of fused-ring (bicyclic) bond motifs is 2. The van der Waals surface area contributed by atoms with E-state index in [1.165, 1.54) is 0 Å². The van der Waals surface area contributed by atoms with Crippen molar-refractivity contribution in [2.75, 3.05) is 18.0 Å². The van der Waals surface area contributed by atoms with Gasteiger partial charge in [0.2, 0.25) is 5.89 Å². The van der Waals surface area contributed by atoms with E-state index in [2.05, 4.69) is 29.8 Å². The summed E-state index contributed by atoms with van der Waals surface area (Å²) in [5.41, 5.74) is 3.24. The molecule has 4 nitrogen and oxygen atoms in total. The molecule has 0 atom stereocenters. The minimum absolute atomic E-state index is 0.202. The highest BCUT2D eigenvalue weighted by atomic mass is 16.3. The molecule has 0 aliphatic rings. The molecule has 0 fully saturated rings. The first kappa shape index (κ1) is 15.5. The van der Waals surface area contributed by atoms with E-state index in [0.717, 1.165) is 40.6 Å². The van der Waals surface area contributed by atoms with Gasteiger partial charge in [-0.2, -0.15) is 0 Å². The number of aromatic hydroxyl groups is 1. The van der Waals surface area contributed by atoms with Crippen LogP contribution in [0.15, 0.2) is 59.0 Å². The van der Waals surface area contributed by atoms with E-state index in [0.29, 0.717) is 11.5 Å². The van der Waals surface area contributed by atoms with Gasteiger partial charge < -0.3 is 14.4 Å². The summed E-state index contributed by atoms with van der Waals surface area (Å²) in [6.45, 7) is 6.14. The average molecular weight is 332 g/mol. The second-order valence-electron chi connectivity index (χ2n) is 6.03. The van der Waals surface area contributed by atoms with Crippen LogP contribution in [-0.2, 0) is 0 Å². The lowest BCUT2D eigenvalue weighted by Gasteiger charge is -2.20. The number of benzene rings is 3. The third kappa shape index (κ3) is 2.60. The van der Waals surface area contributed by atoms with Gasteiger partial charge in [-0.05, 0) is 37.4 Å². The molecular weight excluding hydrogens is 312 g/mol. The number of aromatic nitrogens is 1. The van der Waals surface area contributed by atoms with Crippen molar-refractivity contribution in [2.24, 2.45) is 0 Å². The molecule has 0 unspecified atom stereocenters. The number of rotatable bonds is 4. The summed E-state index contributed by atoms with van der Waals surface area (Å²) in [4.78, 5) is 6.82. The highest BCUT2D eigenvalue weighted by Crippen LogP contribution is 2.37. The largest absolute Gasteiger partial charge is 0.506 e. The van der Waals surface area contributed by atoms with Gasteiger partial charge in [-0.25, -0.2) is 4.98 Å². The predicted octanol–water partition coefficient (Wildman–Crippen LogP) is 5.20. The van der Waals surface area contributed by atoms with Gasteiger partial charge in [-0.1, -0.05) is 30.3 Å². The zero-order valence-electron chi connectivity index (χ0n) is 14.4. The highest BCUT2D eigenvalue weighted by Gasteiger charge is 2.15. The lowest BCUT2D eigenvalue weighted by atomic mass is 10.1. The van der Waals surface area contributed by atoms with Crippen molar-refractivity contribution in [2.45, 2.75) is 13.8 Å². The van der Waals surface area contributed by atoms with Crippen molar-refractivity contribution in [1.29, 1.82) is 0 Å². The summed E-state index contributed by atoms with van der Waals surface area (Å²) in [6.07, 6.45) is 0. The monoisotopic (exact) mass is 332 g/mol. The summed E-state index contributed by atoms with van der Waals surface area (Å²) in [5, 5.41) is 12.4. The summed E-state index contributed by atoms with van der Waals surface area (Å²) in [5.74, 6) is 0.642. The summed E-state index contributed by atoms with van der Waals surface area (Å²) >= 11 is 0. The normalized spacial score (nSPS) is 11.3. The van der Waals surface area contributed by atoms with E-state index >= 15 is 0 Å². The molecule has 1 aromatic heterocycles. The Hall–Kier alpha value is -3.01. The Kier molecular flexibility index (Phi) is 3.80. The van der Waals surface area contributed by atoms with Crippen LogP contribution in [-0.4, -0.2) is 23.2 Å². The topological polar surface area (TPSA) is 49.5 Å². The van der Waals surface area contributed by atoms with Crippen LogP contribution in [0.4, 0.5) is 5.69 Å². The number of phenolic OH excluding ortho intramolecular Hbond substituents is 1. The van der Waals surface area contributed by atoms with Crippen LogP contribution < -0.4 is 4.90 Å². The van der Waals surface area contributed by atoms with Gasteiger partial charge in [0.1, 0.15) is 11.3 Å². The molecule has 126 valence electrons. The molecule has 4 aromatic rings. The lowest BCUT2D eigenvalue weighted by Crippen LogP contribution is -2.21. The number of anilines is 1. The van der Waals surface area contributed by atoms with E-state index in [-0.39, 0.29) is 5.75 Å². The molecule has 1 heterocycles. The van der Waals surface area contributed by atoms with E-state index in [1.807, 2.05) is 48.5 Å². The molecule has 25 heavy (non-hydrogen) atoms. The molecule has 4 rings (SSSR count).